The molecule has 0 fully saturated rings. The summed E-state index contributed by atoms with van der Waals surface area (Å²) in [6.45, 7) is 0. The maximum Gasteiger partial charge on any atom is 0.238 e. The highest BCUT2D eigenvalue weighted by Crippen LogP contribution is 2.39. The first kappa shape index (κ1) is 27.9. The van der Waals surface area contributed by atoms with Gasteiger partial charge in [0.25, 0.3) is 0 Å². The van der Waals surface area contributed by atoms with Crippen molar-refractivity contribution in [1.82, 2.24) is 19.5 Å². The van der Waals surface area contributed by atoms with E-state index in [4.69, 9.17) is 23.8 Å². The lowest BCUT2D eigenvalue weighted by molar-refractivity contribution is 0.668. The molecule has 6 heteroatoms. The van der Waals surface area contributed by atoms with Gasteiger partial charge < -0.3 is 8.83 Å². The van der Waals surface area contributed by atoms with Crippen LogP contribution in [0.15, 0.2) is 167 Å². The van der Waals surface area contributed by atoms with E-state index in [-0.39, 0.29) is 0 Å². The van der Waals surface area contributed by atoms with Gasteiger partial charge in [0.2, 0.25) is 5.95 Å². The third-order valence-corrected chi connectivity index (χ3v) is 9.88. The number of fused-ring (bicyclic) bond motifs is 9. The van der Waals surface area contributed by atoms with Crippen LogP contribution >= 0.6 is 0 Å². The van der Waals surface area contributed by atoms with Gasteiger partial charge in [-0.1, -0.05) is 109 Å². The van der Waals surface area contributed by atoms with E-state index in [1.54, 1.807) is 0 Å². The maximum absolute atomic E-state index is 6.46. The second kappa shape index (κ2) is 10.7. The maximum atomic E-state index is 6.46. The Kier molecular flexibility index (Phi) is 5.86. The van der Waals surface area contributed by atoms with Crippen LogP contribution in [0.25, 0.3) is 106 Å². The Hall–Kier alpha value is -7.05. The highest BCUT2D eigenvalue weighted by Gasteiger charge is 2.19. The fourth-order valence-corrected chi connectivity index (χ4v) is 7.51. The lowest BCUT2D eigenvalue weighted by Gasteiger charge is -2.11. The molecule has 4 aromatic heterocycles. The van der Waals surface area contributed by atoms with E-state index in [2.05, 4.69) is 102 Å². The molecular formula is C45H26N4O2. The monoisotopic (exact) mass is 654 g/mol. The summed E-state index contributed by atoms with van der Waals surface area (Å²) in [6.07, 6.45) is 0. The van der Waals surface area contributed by atoms with Crippen molar-refractivity contribution in [3.8, 4) is 39.9 Å². The van der Waals surface area contributed by atoms with Gasteiger partial charge in [-0.25, -0.2) is 4.98 Å². The normalized spacial score (nSPS) is 11.9. The van der Waals surface area contributed by atoms with Crippen LogP contribution in [0.2, 0.25) is 0 Å². The van der Waals surface area contributed by atoms with Crippen LogP contribution in [0.5, 0.6) is 0 Å². The lowest BCUT2D eigenvalue weighted by atomic mass is 10.0. The first-order chi connectivity index (χ1) is 25.3. The molecule has 0 atom stereocenters. The molecule has 0 aliphatic rings. The molecule has 0 aliphatic heterocycles. The second-order valence-corrected chi connectivity index (χ2v) is 12.8. The Morgan fingerprint density at radius 1 is 0.373 bits per heavy atom. The van der Waals surface area contributed by atoms with Crippen molar-refractivity contribution in [3.63, 3.8) is 0 Å². The Bertz CT molecular complexity index is 3100. The van der Waals surface area contributed by atoms with Gasteiger partial charge in [0.15, 0.2) is 11.6 Å². The Morgan fingerprint density at radius 2 is 1.00 bits per heavy atom. The summed E-state index contributed by atoms with van der Waals surface area (Å²) in [6, 6.07) is 53.9. The fraction of sp³-hybridized carbons (Fsp3) is 0. The quantitative estimate of drug-likeness (QED) is 0.189. The Morgan fingerprint density at radius 3 is 1.80 bits per heavy atom. The van der Waals surface area contributed by atoms with E-state index >= 15 is 0 Å². The van der Waals surface area contributed by atoms with Crippen molar-refractivity contribution in [2.24, 2.45) is 0 Å². The minimum atomic E-state index is 0.567. The number of hydrogen-bond donors (Lipinski definition) is 0. The summed E-state index contributed by atoms with van der Waals surface area (Å²) in [7, 11) is 0. The number of rotatable bonds is 4. The van der Waals surface area contributed by atoms with E-state index in [1.807, 2.05) is 60.7 Å². The van der Waals surface area contributed by atoms with Crippen molar-refractivity contribution in [2.45, 2.75) is 0 Å². The highest BCUT2D eigenvalue weighted by atomic mass is 16.3. The first-order valence-corrected chi connectivity index (χ1v) is 16.9. The molecular weight excluding hydrogens is 629 g/mol. The summed E-state index contributed by atoms with van der Waals surface area (Å²) >= 11 is 0. The van der Waals surface area contributed by atoms with Crippen LogP contribution in [0.1, 0.15) is 0 Å². The Labute approximate surface area is 290 Å². The average Bonchev–Trinajstić information content (AvgIpc) is 3.87. The fourth-order valence-electron chi connectivity index (χ4n) is 7.51. The molecule has 6 nitrogen and oxygen atoms in total. The first-order valence-electron chi connectivity index (χ1n) is 16.9. The van der Waals surface area contributed by atoms with Gasteiger partial charge in [-0.05, 0) is 54.1 Å². The zero-order valence-electron chi connectivity index (χ0n) is 27.1. The summed E-state index contributed by atoms with van der Waals surface area (Å²) in [5.41, 5.74) is 9.31. The number of furan rings is 2. The minimum Gasteiger partial charge on any atom is -0.456 e. The number of nitrogens with zero attached hydrogens (tertiary/aromatic N) is 4. The van der Waals surface area contributed by atoms with Crippen LogP contribution < -0.4 is 0 Å². The van der Waals surface area contributed by atoms with Gasteiger partial charge in [-0.15, -0.1) is 0 Å². The smallest absolute Gasteiger partial charge is 0.238 e. The van der Waals surface area contributed by atoms with E-state index in [9.17, 15) is 0 Å². The van der Waals surface area contributed by atoms with E-state index in [1.165, 1.54) is 0 Å². The predicted molar refractivity (Wildman–Crippen MR) is 205 cm³/mol. The lowest BCUT2D eigenvalue weighted by Crippen LogP contribution is -2.06. The molecule has 0 radical (unpaired) electrons. The molecule has 0 unspecified atom stereocenters. The SMILES string of the molecule is c1ccc(-c2nc(-c3ccc4oc5cc(-c6cccc7c6oc6ccccc67)ccc5c4c3)nc(-n3c4ccccc4c4ccccc43)n2)cc1. The van der Waals surface area contributed by atoms with Gasteiger partial charge >= 0.3 is 0 Å². The van der Waals surface area contributed by atoms with E-state index < -0.39 is 0 Å². The molecule has 4 heterocycles. The second-order valence-electron chi connectivity index (χ2n) is 12.8. The molecule has 238 valence electrons. The molecule has 7 aromatic carbocycles. The summed E-state index contributed by atoms with van der Waals surface area (Å²) in [5, 5.41) is 6.53. The molecule has 0 spiro atoms. The van der Waals surface area contributed by atoms with Crippen LogP contribution in [0, 0.1) is 0 Å². The standard InChI is InChI=1S/C45H26N4O2/c1-2-11-27(12-3-1)43-46-44(48-45(47-43)49-37-18-7-4-13-31(37)32-14-5-8-19-38(32)49)29-22-24-40-36(25-29)34-23-21-28(26-41(34)50-40)30-16-10-17-35-33-15-6-9-20-39(33)51-42(30)35/h1-26H. The van der Waals surface area contributed by atoms with Crippen LogP contribution in [-0.4, -0.2) is 19.5 Å². The van der Waals surface area contributed by atoms with Gasteiger partial charge in [0, 0.05) is 49.0 Å². The van der Waals surface area contributed by atoms with Gasteiger partial charge in [-0.3, -0.25) is 4.57 Å². The molecule has 0 N–H and O–H groups in total. The zero-order chi connectivity index (χ0) is 33.5. The highest BCUT2D eigenvalue weighted by molar-refractivity contribution is 6.12. The third kappa shape index (κ3) is 4.26. The van der Waals surface area contributed by atoms with Crippen molar-refractivity contribution >= 4 is 65.7 Å². The van der Waals surface area contributed by atoms with Crippen LogP contribution in [0.4, 0.5) is 0 Å². The predicted octanol–water partition coefficient (Wildman–Crippen LogP) is 11.8. The molecule has 0 bridgehead atoms. The van der Waals surface area contributed by atoms with Crippen molar-refractivity contribution in [1.29, 1.82) is 0 Å². The Balaban J connectivity index is 1.08. The molecule has 51 heavy (non-hydrogen) atoms. The summed E-state index contributed by atoms with van der Waals surface area (Å²) in [5.74, 6) is 1.77. The topological polar surface area (TPSA) is 69.9 Å². The average molecular weight is 655 g/mol. The molecule has 0 aliphatic carbocycles. The van der Waals surface area contributed by atoms with Crippen LogP contribution in [-0.2, 0) is 0 Å². The van der Waals surface area contributed by atoms with E-state index in [0.717, 1.165) is 87.9 Å². The van der Waals surface area contributed by atoms with Crippen LogP contribution in [0.3, 0.4) is 0 Å². The molecule has 11 rings (SSSR count). The number of aromatic nitrogens is 4. The van der Waals surface area contributed by atoms with E-state index in [0.29, 0.717) is 17.6 Å². The largest absolute Gasteiger partial charge is 0.456 e. The minimum absolute atomic E-state index is 0.567. The summed E-state index contributed by atoms with van der Waals surface area (Å²) < 4.78 is 14.9. The molecule has 0 amide bonds. The number of benzene rings is 7. The molecule has 0 saturated carbocycles. The number of para-hydroxylation sites is 4. The third-order valence-electron chi connectivity index (χ3n) is 9.88. The van der Waals surface area contributed by atoms with Gasteiger partial charge in [-0.2, -0.15) is 9.97 Å². The summed E-state index contributed by atoms with van der Waals surface area (Å²) in [4.78, 5) is 15.2. The van der Waals surface area contributed by atoms with Crippen molar-refractivity contribution in [3.05, 3.63) is 158 Å². The number of hydrogen-bond acceptors (Lipinski definition) is 5. The molecule has 0 saturated heterocycles. The zero-order valence-corrected chi connectivity index (χ0v) is 27.1. The van der Waals surface area contributed by atoms with Crippen molar-refractivity contribution < 1.29 is 8.83 Å². The molecule has 11 aromatic rings. The van der Waals surface area contributed by atoms with Gasteiger partial charge in [0.1, 0.15) is 22.3 Å². The van der Waals surface area contributed by atoms with Crippen molar-refractivity contribution in [2.75, 3.05) is 0 Å². The van der Waals surface area contributed by atoms with Gasteiger partial charge in [0.05, 0.1) is 11.0 Å².